The molecule has 0 aromatic carbocycles. The molecular formula is C27H36N4O4S2. The van der Waals surface area contributed by atoms with Crippen LogP contribution in [0.2, 0.25) is 0 Å². The van der Waals surface area contributed by atoms with E-state index in [1.807, 2.05) is 13.8 Å². The van der Waals surface area contributed by atoms with Crippen molar-refractivity contribution in [2.45, 2.75) is 66.8 Å². The Kier molecular flexibility index (Phi) is 9.96. The Bertz CT molecular complexity index is 1190. The first-order valence-corrected chi connectivity index (χ1v) is 14.2. The quantitative estimate of drug-likeness (QED) is 0.255. The molecule has 0 aliphatic carbocycles. The lowest BCUT2D eigenvalue weighted by Crippen LogP contribution is -2.41. The second-order valence-corrected chi connectivity index (χ2v) is 11.5. The fraction of sp³-hybridized carbons (Fsp3) is 0.593. The number of nitrogens with zero attached hydrogens (tertiary/aromatic N) is 4. The van der Waals surface area contributed by atoms with Crippen molar-refractivity contribution in [2.24, 2.45) is 11.8 Å². The zero-order valence-corrected chi connectivity index (χ0v) is 24.0. The lowest BCUT2D eigenvalue weighted by atomic mass is 9.95. The summed E-state index contributed by atoms with van der Waals surface area (Å²) < 4.78 is 7.42. The van der Waals surface area contributed by atoms with Crippen molar-refractivity contribution in [3.05, 3.63) is 31.9 Å². The molecule has 2 saturated heterocycles. The molecular weight excluding hydrogens is 508 g/mol. The van der Waals surface area contributed by atoms with E-state index in [0.29, 0.717) is 71.8 Å². The van der Waals surface area contributed by atoms with Crippen LogP contribution in [0.1, 0.15) is 70.1 Å². The fourth-order valence-corrected chi connectivity index (χ4v) is 6.01. The number of esters is 1. The zero-order chi connectivity index (χ0) is 27.3. The number of pyridine rings is 1. The number of thiocarbonyl (C=S) groups is 1. The van der Waals surface area contributed by atoms with Gasteiger partial charge in [-0.15, -0.1) is 0 Å². The van der Waals surface area contributed by atoms with Gasteiger partial charge in [-0.3, -0.25) is 23.9 Å². The third-order valence-corrected chi connectivity index (χ3v) is 8.07. The van der Waals surface area contributed by atoms with Gasteiger partial charge in [-0.1, -0.05) is 51.2 Å². The van der Waals surface area contributed by atoms with E-state index in [1.54, 1.807) is 29.4 Å². The molecule has 37 heavy (non-hydrogen) atoms. The summed E-state index contributed by atoms with van der Waals surface area (Å²) in [6.45, 7) is 12.2. The van der Waals surface area contributed by atoms with E-state index < -0.39 is 0 Å². The summed E-state index contributed by atoms with van der Waals surface area (Å²) >= 11 is 6.75. The number of hydrogen-bond acceptors (Lipinski definition) is 8. The molecule has 200 valence electrons. The van der Waals surface area contributed by atoms with Gasteiger partial charge in [0.05, 0.1) is 17.4 Å². The monoisotopic (exact) mass is 544 g/mol. The molecule has 0 unspecified atom stereocenters. The number of ether oxygens (including phenoxy) is 1. The molecule has 0 saturated carbocycles. The molecule has 3 rings (SSSR count). The van der Waals surface area contributed by atoms with Crippen molar-refractivity contribution in [2.75, 3.05) is 31.1 Å². The normalized spacial score (nSPS) is 17.7. The molecule has 1 amide bonds. The number of nitriles is 1. The van der Waals surface area contributed by atoms with Crippen molar-refractivity contribution < 1.29 is 14.3 Å². The Morgan fingerprint density at radius 1 is 1.27 bits per heavy atom. The highest BCUT2D eigenvalue weighted by Crippen LogP contribution is 2.37. The first kappa shape index (κ1) is 28.9. The number of rotatable bonds is 9. The van der Waals surface area contributed by atoms with Gasteiger partial charge in [-0.05, 0) is 50.7 Å². The highest BCUT2D eigenvalue weighted by Gasteiger charge is 2.34. The molecule has 2 fully saturated rings. The molecule has 10 heteroatoms. The molecule has 0 spiro atoms. The number of piperidine rings is 1. The number of unbranched alkanes of at least 4 members (excludes halogenated alkanes) is 1. The molecule has 0 bridgehead atoms. The van der Waals surface area contributed by atoms with Crippen LogP contribution in [0.15, 0.2) is 9.70 Å². The van der Waals surface area contributed by atoms with Crippen molar-refractivity contribution in [3.8, 4) is 6.07 Å². The average Bonchev–Trinajstić information content (AvgIpc) is 3.12. The molecule has 2 aliphatic heterocycles. The molecule has 0 N–H and O–H groups in total. The Morgan fingerprint density at radius 2 is 1.95 bits per heavy atom. The topological polar surface area (TPSA) is 95.6 Å². The van der Waals surface area contributed by atoms with Crippen LogP contribution >= 0.6 is 24.0 Å². The zero-order valence-electron chi connectivity index (χ0n) is 22.3. The Morgan fingerprint density at radius 3 is 2.51 bits per heavy atom. The van der Waals surface area contributed by atoms with Gasteiger partial charge in [-0.2, -0.15) is 5.26 Å². The summed E-state index contributed by atoms with van der Waals surface area (Å²) in [6, 6.07) is 2.10. The second kappa shape index (κ2) is 12.7. The molecule has 0 atom stereocenters. The van der Waals surface area contributed by atoms with E-state index in [-0.39, 0.29) is 34.8 Å². The number of thioether (sulfide) groups is 1. The van der Waals surface area contributed by atoms with E-state index in [4.69, 9.17) is 17.0 Å². The highest BCUT2D eigenvalue weighted by molar-refractivity contribution is 8.26. The van der Waals surface area contributed by atoms with Gasteiger partial charge in [0, 0.05) is 31.7 Å². The molecule has 8 nitrogen and oxygen atoms in total. The third kappa shape index (κ3) is 6.27. The molecule has 1 aromatic heterocycles. The number of carbonyl (C=O) groups excluding carboxylic acids is 2. The predicted molar refractivity (Wildman–Crippen MR) is 151 cm³/mol. The molecule has 0 radical (unpaired) electrons. The van der Waals surface area contributed by atoms with Crippen LogP contribution in [-0.2, 0) is 20.9 Å². The van der Waals surface area contributed by atoms with Gasteiger partial charge in [0.25, 0.3) is 11.5 Å². The van der Waals surface area contributed by atoms with Gasteiger partial charge in [0.1, 0.15) is 21.8 Å². The van der Waals surface area contributed by atoms with Gasteiger partial charge in [0.15, 0.2) is 0 Å². The van der Waals surface area contributed by atoms with Gasteiger partial charge in [0.2, 0.25) is 0 Å². The van der Waals surface area contributed by atoms with Crippen LogP contribution in [0.4, 0.5) is 5.82 Å². The van der Waals surface area contributed by atoms with Gasteiger partial charge < -0.3 is 9.64 Å². The summed E-state index contributed by atoms with van der Waals surface area (Å²) in [7, 11) is 0. The van der Waals surface area contributed by atoms with E-state index >= 15 is 0 Å². The molecule has 3 heterocycles. The van der Waals surface area contributed by atoms with Crippen LogP contribution in [0.25, 0.3) is 6.08 Å². The Hall–Kier alpha value is -2.64. The lowest BCUT2D eigenvalue weighted by Gasteiger charge is -2.35. The van der Waals surface area contributed by atoms with Gasteiger partial charge >= 0.3 is 5.97 Å². The van der Waals surface area contributed by atoms with E-state index in [0.717, 1.165) is 12.8 Å². The first-order chi connectivity index (χ1) is 17.6. The fourth-order valence-electron chi connectivity index (χ4n) is 4.75. The summed E-state index contributed by atoms with van der Waals surface area (Å²) in [6.07, 6.45) is 4.67. The van der Waals surface area contributed by atoms with Crippen LogP contribution in [0.5, 0.6) is 0 Å². The van der Waals surface area contributed by atoms with Crippen molar-refractivity contribution >= 4 is 52.1 Å². The minimum absolute atomic E-state index is 0.0881. The number of hydrogen-bond donors (Lipinski definition) is 0. The Labute approximate surface area is 228 Å². The van der Waals surface area contributed by atoms with E-state index in [1.165, 1.54) is 11.8 Å². The second-order valence-electron chi connectivity index (χ2n) is 9.86. The number of carbonyl (C=O) groups is 2. The number of anilines is 1. The largest absolute Gasteiger partial charge is 0.466 e. The smallest absolute Gasteiger partial charge is 0.309 e. The van der Waals surface area contributed by atoms with Crippen LogP contribution < -0.4 is 10.5 Å². The van der Waals surface area contributed by atoms with Crippen molar-refractivity contribution in [1.82, 2.24) is 9.47 Å². The van der Waals surface area contributed by atoms with Gasteiger partial charge in [-0.25, -0.2) is 0 Å². The van der Waals surface area contributed by atoms with Crippen molar-refractivity contribution in [1.29, 1.82) is 5.26 Å². The lowest BCUT2D eigenvalue weighted by molar-refractivity contribution is -0.148. The third-order valence-electron chi connectivity index (χ3n) is 6.69. The Balaban J connectivity index is 2.12. The average molecular weight is 545 g/mol. The maximum atomic E-state index is 13.4. The number of aromatic nitrogens is 1. The SMILES string of the molecule is CCCCn1c(N2CCC(C(=O)OCC)CC2)c(C=C2SC(=S)N(CC(C)C)C2=O)c(C)c(C#N)c1=O. The number of amides is 1. The summed E-state index contributed by atoms with van der Waals surface area (Å²) in [4.78, 5) is 43.2. The summed E-state index contributed by atoms with van der Waals surface area (Å²) in [5.41, 5.74) is 1.01. The minimum Gasteiger partial charge on any atom is -0.466 e. The van der Waals surface area contributed by atoms with Crippen LogP contribution in [-0.4, -0.2) is 51.9 Å². The van der Waals surface area contributed by atoms with Crippen molar-refractivity contribution in [3.63, 3.8) is 0 Å². The van der Waals surface area contributed by atoms with Crippen LogP contribution in [0, 0.1) is 30.1 Å². The van der Waals surface area contributed by atoms with Crippen LogP contribution in [0.3, 0.4) is 0 Å². The predicted octanol–water partition coefficient (Wildman–Crippen LogP) is 4.47. The molecule has 2 aliphatic rings. The highest BCUT2D eigenvalue weighted by atomic mass is 32.2. The minimum atomic E-state index is -0.319. The maximum Gasteiger partial charge on any atom is 0.309 e. The standard InChI is InChI=1S/C27H36N4O4S2/c1-6-8-11-30-23(29-12-9-19(10-13-29)26(34)35-7-2)20(18(5)21(15-28)24(30)32)14-22-25(33)31(16-17(3)4)27(36)37-22/h14,17,19H,6-13,16H2,1-5H3. The van der Waals surface area contributed by atoms with E-state index in [2.05, 4.69) is 17.9 Å². The molecule has 1 aromatic rings. The maximum absolute atomic E-state index is 13.4. The first-order valence-electron chi connectivity index (χ1n) is 13.0. The van der Waals surface area contributed by atoms with E-state index in [9.17, 15) is 19.6 Å². The summed E-state index contributed by atoms with van der Waals surface area (Å²) in [5.74, 6) is 0.449. The summed E-state index contributed by atoms with van der Waals surface area (Å²) in [5, 5.41) is 9.87.